The van der Waals surface area contributed by atoms with Crippen LogP contribution in [-0.4, -0.2) is 5.78 Å². The third-order valence-electron chi connectivity index (χ3n) is 2.44. The van der Waals surface area contributed by atoms with Crippen LogP contribution in [0.5, 0.6) is 0 Å². The fraction of sp³-hybridized carbons (Fsp3) is 0.417. The number of carbonyl (C=O) groups is 1. The van der Waals surface area contributed by atoms with Crippen LogP contribution in [0.15, 0.2) is 18.2 Å². The smallest absolute Gasteiger partial charge is 0.162 e. The lowest BCUT2D eigenvalue weighted by Crippen LogP contribution is -2.02. The number of ketones is 1. The molecular formula is C12H14F2O. The summed E-state index contributed by atoms with van der Waals surface area (Å²) in [5, 5.41) is 0. The van der Waals surface area contributed by atoms with E-state index >= 15 is 0 Å². The quantitative estimate of drug-likeness (QED) is 0.747. The maximum absolute atomic E-state index is 13.3. The Balaban J connectivity index is 2.77. The van der Waals surface area contributed by atoms with Crippen molar-refractivity contribution in [1.82, 2.24) is 0 Å². The number of benzene rings is 1. The molecule has 0 aromatic heterocycles. The summed E-state index contributed by atoms with van der Waals surface area (Å²) in [6.07, 6.45) is 0.951. The van der Waals surface area contributed by atoms with E-state index in [-0.39, 0.29) is 11.7 Å². The summed E-state index contributed by atoms with van der Waals surface area (Å²) in [4.78, 5) is 10.8. The van der Waals surface area contributed by atoms with E-state index in [1.54, 1.807) is 13.0 Å². The second kappa shape index (κ2) is 5.01. The standard InChI is InChI=1S/C12H14F2O/c1-8(6-7-9(2)15)10-4-3-5-11(13)12(10)14/h3-5,8H,6-7H2,1-2H3. The van der Waals surface area contributed by atoms with E-state index in [2.05, 4.69) is 0 Å². The summed E-state index contributed by atoms with van der Waals surface area (Å²) in [5.41, 5.74) is 0.344. The van der Waals surface area contributed by atoms with E-state index in [1.807, 2.05) is 0 Å². The van der Waals surface area contributed by atoms with Crippen LogP contribution in [0.4, 0.5) is 8.78 Å². The highest BCUT2D eigenvalue weighted by molar-refractivity contribution is 5.75. The summed E-state index contributed by atoms with van der Waals surface area (Å²) in [7, 11) is 0. The van der Waals surface area contributed by atoms with Gasteiger partial charge in [0, 0.05) is 6.42 Å². The zero-order valence-corrected chi connectivity index (χ0v) is 8.89. The van der Waals surface area contributed by atoms with Crippen molar-refractivity contribution in [2.45, 2.75) is 32.6 Å². The van der Waals surface area contributed by atoms with Crippen LogP contribution in [0.25, 0.3) is 0 Å². The second-order valence-corrected chi connectivity index (χ2v) is 3.78. The fourth-order valence-corrected chi connectivity index (χ4v) is 1.48. The van der Waals surface area contributed by atoms with Gasteiger partial charge in [0.05, 0.1) is 0 Å². The van der Waals surface area contributed by atoms with Gasteiger partial charge in [-0.25, -0.2) is 8.78 Å². The van der Waals surface area contributed by atoms with Crippen LogP contribution in [0.3, 0.4) is 0 Å². The molecule has 1 nitrogen and oxygen atoms in total. The lowest BCUT2D eigenvalue weighted by atomic mass is 9.95. The molecule has 0 heterocycles. The first-order chi connectivity index (χ1) is 7.02. The molecule has 0 bridgehead atoms. The second-order valence-electron chi connectivity index (χ2n) is 3.78. The Morgan fingerprint density at radius 2 is 2.07 bits per heavy atom. The minimum atomic E-state index is -0.831. The topological polar surface area (TPSA) is 17.1 Å². The van der Waals surface area contributed by atoms with Crippen molar-refractivity contribution in [3.05, 3.63) is 35.4 Å². The largest absolute Gasteiger partial charge is 0.300 e. The Kier molecular flexibility index (Phi) is 3.95. The number of hydrogen-bond acceptors (Lipinski definition) is 1. The molecule has 0 saturated carbocycles. The molecule has 0 aliphatic carbocycles. The minimum absolute atomic E-state index is 0.0682. The molecule has 1 rings (SSSR count). The van der Waals surface area contributed by atoms with Gasteiger partial charge < -0.3 is 4.79 Å². The van der Waals surface area contributed by atoms with Crippen LogP contribution >= 0.6 is 0 Å². The van der Waals surface area contributed by atoms with Gasteiger partial charge in [0.1, 0.15) is 5.78 Å². The molecule has 1 atom stereocenters. The monoisotopic (exact) mass is 212 g/mol. The highest BCUT2D eigenvalue weighted by Gasteiger charge is 2.14. The predicted molar refractivity (Wildman–Crippen MR) is 54.7 cm³/mol. The molecule has 3 heteroatoms. The predicted octanol–water partition coefficient (Wildman–Crippen LogP) is 3.44. The first-order valence-electron chi connectivity index (χ1n) is 4.95. The van der Waals surface area contributed by atoms with Gasteiger partial charge in [-0.15, -0.1) is 0 Å². The van der Waals surface area contributed by atoms with Gasteiger partial charge >= 0.3 is 0 Å². The van der Waals surface area contributed by atoms with Gasteiger partial charge in [-0.05, 0) is 30.9 Å². The number of halogens is 2. The number of rotatable bonds is 4. The zero-order valence-electron chi connectivity index (χ0n) is 8.89. The van der Waals surface area contributed by atoms with E-state index in [0.717, 1.165) is 6.07 Å². The van der Waals surface area contributed by atoms with Crippen molar-refractivity contribution < 1.29 is 13.6 Å². The van der Waals surface area contributed by atoms with Crippen LogP contribution in [0.1, 0.15) is 38.2 Å². The van der Waals surface area contributed by atoms with E-state index in [9.17, 15) is 13.6 Å². The Morgan fingerprint density at radius 1 is 1.40 bits per heavy atom. The maximum atomic E-state index is 13.3. The average Bonchev–Trinajstić information content (AvgIpc) is 2.18. The van der Waals surface area contributed by atoms with Crippen LogP contribution < -0.4 is 0 Å². The fourth-order valence-electron chi connectivity index (χ4n) is 1.48. The van der Waals surface area contributed by atoms with E-state index in [4.69, 9.17) is 0 Å². The molecule has 0 aliphatic rings. The summed E-state index contributed by atoms with van der Waals surface area (Å²) in [5.74, 6) is -1.70. The average molecular weight is 212 g/mol. The number of hydrogen-bond donors (Lipinski definition) is 0. The van der Waals surface area contributed by atoms with Crippen molar-refractivity contribution in [2.75, 3.05) is 0 Å². The Morgan fingerprint density at radius 3 is 2.67 bits per heavy atom. The van der Waals surface area contributed by atoms with Crippen LogP contribution in [-0.2, 0) is 4.79 Å². The van der Waals surface area contributed by atoms with Gasteiger partial charge in [-0.1, -0.05) is 19.1 Å². The van der Waals surface area contributed by atoms with Gasteiger partial charge in [0.2, 0.25) is 0 Å². The van der Waals surface area contributed by atoms with Crippen molar-refractivity contribution in [3.8, 4) is 0 Å². The molecular weight excluding hydrogens is 198 g/mol. The molecule has 1 aromatic rings. The van der Waals surface area contributed by atoms with Crippen molar-refractivity contribution in [1.29, 1.82) is 0 Å². The maximum Gasteiger partial charge on any atom is 0.162 e. The molecule has 0 fully saturated rings. The molecule has 1 unspecified atom stereocenters. The molecule has 0 aliphatic heterocycles. The first-order valence-corrected chi connectivity index (χ1v) is 4.95. The first kappa shape index (κ1) is 11.8. The molecule has 0 spiro atoms. The molecule has 15 heavy (non-hydrogen) atoms. The third kappa shape index (κ3) is 3.11. The van der Waals surface area contributed by atoms with Crippen LogP contribution in [0, 0.1) is 11.6 Å². The Labute approximate surface area is 88.1 Å². The molecule has 0 amide bonds. The van der Waals surface area contributed by atoms with Gasteiger partial charge in [0.25, 0.3) is 0 Å². The number of carbonyl (C=O) groups excluding carboxylic acids is 1. The van der Waals surface area contributed by atoms with E-state index in [1.165, 1.54) is 13.0 Å². The normalized spacial score (nSPS) is 12.5. The van der Waals surface area contributed by atoms with Crippen LogP contribution in [0.2, 0.25) is 0 Å². The zero-order chi connectivity index (χ0) is 11.4. The highest BCUT2D eigenvalue weighted by atomic mass is 19.2. The summed E-state index contributed by atoms with van der Waals surface area (Å²) in [6, 6.07) is 4.14. The van der Waals surface area contributed by atoms with Gasteiger partial charge in [-0.2, -0.15) is 0 Å². The minimum Gasteiger partial charge on any atom is -0.300 e. The van der Waals surface area contributed by atoms with Gasteiger partial charge in [-0.3, -0.25) is 0 Å². The van der Waals surface area contributed by atoms with E-state index in [0.29, 0.717) is 18.4 Å². The summed E-state index contributed by atoms with van der Waals surface area (Å²) >= 11 is 0. The van der Waals surface area contributed by atoms with Crippen molar-refractivity contribution >= 4 is 5.78 Å². The molecule has 0 N–H and O–H groups in total. The lowest BCUT2D eigenvalue weighted by molar-refractivity contribution is -0.117. The summed E-state index contributed by atoms with van der Waals surface area (Å²) in [6.45, 7) is 3.29. The van der Waals surface area contributed by atoms with E-state index < -0.39 is 11.6 Å². The number of Topliss-reactive ketones (excluding diaryl/α,β-unsaturated/α-hetero) is 1. The molecule has 0 radical (unpaired) electrons. The molecule has 1 aromatic carbocycles. The lowest BCUT2D eigenvalue weighted by Gasteiger charge is -2.11. The Hall–Kier alpha value is -1.25. The molecule has 0 saturated heterocycles. The Bertz CT molecular complexity index is 361. The molecule has 82 valence electrons. The SMILES string of the molecule is CC(=O)CCC(C)c1cccc(F)c1F. The summed E-state index contributed by atoms with van der Waals surface area (Å²) < 4.78 is 26.2. The van der Waals surface area contributed by atoms with Crippen molar-refractivity contribution in [3.63, 3.8) is 0 Å². The van der Waals surface area contributed by atoms with Crippen molar-refractivity contribution in [2.24, 2.45) is 0 Å². The third-order valence-corrected chi connectivity index (χ3v) is 2.44. The highest BCUT2D eigenvalue weighted by Crippen LogP contribution is 2.24. The van der Waals surface area contributed by atoms with Gasteiger partial charge in [0.15, 0.2) is 11.6 Å².